The van der Waals surface area contributed by atoms with Crippen molar-refractivity contribution in [2.45, 2.75) is 37.6 Å². The van der Waals surface area contributed by atoms with Crippen molar-refractivity contribution >= 4 is 9.84 Å². The fourth-order valence-corrected chi connectivity index (χ4v) is 2.51. The molecule has 0 aliphatic carbocycles. The normalized spacial score (nSPS) is 15.3. The van der Waals surface area contributed by atoms with Crippen molar-refractivity contribution in [3.8, 4) is 0 Å². The van der Waals surface area contributed by atoms with Gasteiger partial charge < -0.3 is 0 Å². The van der Waals surface area contributed by atoms with Crippen molar-refractivity contribution in [1.82, 2.24) is 5.43 Å². The summed E-state index contributed by atoms with van der Waals surface area (Å²) in [5, 5.41) is 0. The van der Waals surface area contributed by atoms with E-state index >= 15 is 0 Å². The topological polar surface area (TPSA) is 72.2 Å². The zero-order valence-corrected chi connectivity index (χ0v) is 12.0. The highest BCUT2D eigenvalue weighted by Crippen LogP contribution is 2.24. The van der Waals surface area contributed by atoms with Gasteiger partial charge in [-0.1, -0.05) is 32.4 Å². The summed E-state index contributed by atoms with van der Waals surface area (Å²) in [5.41, 5.74) is 3.68. The molecule has 102 valence electrons. The average Bonchev–Trinajstić information content (AvgIpc) is 2.34. The van der Waals surface area contributed by atoms with Crippen molar-refractivity contribution in [2.75, 3.05) is 6.26 Å². The molecular weight excluding hydrogens is 248 g/mol. The molecule has 1 rings (SSSR count). The Labute approximate surface area is 109 Å². The molecule has 0 aromatic heterocycles. The minimum Gasteiger partial charge on any atom is -0.271 e. The molecule has 3 N–H and O–H groups in total. The maximum absolute atomic E-state index is 11.5. The maximum Gasteiger partial charge on any atom is 0.175 e. The van der Waals surface area contributed by atoms with E-state index in [1.807, 2.05) is 6.07 Å². The quantitative estimate of drug-likeness (QED) is 0.613. The third kappa shape index (κ3) is 4.08. The van der Waals surface area contributed by atoms with Gasteiger partial charge in [-0.3, -0.25) is 11.3 Å². The fraction of sp³-hybridized carbons (Fsp3) is 0.538. The largest absolute Gasteiger partial charge is 0.271 e. The SMILES string of the molecule is CCC(C)CC(NN)c1cccc(S(C)(=O)=O)c1. The van der Waals surface area contributed by atoms with Crippen LogP contribution in [0.5, 0.6) is 0 Å². The van der Waals surface area contributed by atoms with Crippen molar-refractivity contribution in [3.05, 3.63) is 29.8 Å². The molecule has 0 aliphatic rings. The first-order chi connectivity index (χ1) is 8.38. The van der Waals surface area contributed by atoms with E-state index in [9.17, 15) is 8.42 Å². The molecule has 18 heavy (non-hydrogen) atoms. The fourth-order valence-electron chi connectivity index (χ4n) is 1.83. The minimum absolute atomic E-state index is 0.0124. The molecule has 0 radical (unpaired) electrons. The number of sulfone groups is 1. The van der Waals surface area contributed by atoms with Crippen LogP contribution in [0.15, 0.2) is 29.2 Å². The second-order valence-electron chi connectivity index (χ2n) is 4.81. The molecule has 0 amide bonds. The van der Waals surface area contributed by atoms with Gasteiger partial charge in [0.15, 0.2) is 9.84 Å². The van der Waals surface area contributed by atoms with Crippen LogP contribution in [0.25, 0.3) is 0 Å². The molecule has 0 saturated carbocycles. The Morgan fingerprint density at radius 2 is 2.06 bits per heavy atom. The molecule has 2 unspecified atom stereocenters. The van der Waals surface area contributed by atoms with E-state index in [-0.39, 0.29) is 6.04 Å². The Hall–Kier alpha value is -0.910. The predicted octanol–water partition coefficient (Wildman–Crippen LogP) is 2.03. The summed E-state index contributed by atoms with van der Waals surface area (Å²) in [6.45, 7) is 4.29. The summed E-state index contributed by atoms with van der Waals surface area (Å²) < 4.78 is 23.0. The Bertz CT molecular complexity index is 486. The Morgan fingerprint density at radius 1 is 1.39 bits per heavy atom. The van der Waals surface area contributed by atoms with Gasteiger partial charge in [0.1, 0.15) is 0 Å². The molecule has 0 spiro atoms. The summed E-state index contributed by atoms with van der Waals surface area (Å²) in [4.78, 5) is 0.337. The van der Waals surface area contributed by atoms with E-state index < -0.39 is 9.84 Å². The summed E-state index contributed by atoms with van der Waals surface area (Å²) >= 11 is 0. The van der Waals surface area contributed by atoms with Gasteiger partial charge in [0.05, 0.1) is 4.90 Å². The van der Waals surface area contributed by atoms with Crippen molar-refractivity contribution in [1.29, 1.82) is 0 Å². The third-order valence-electron chi connectivity index (χ3n) is 3.22. The van der Waals surface area contributed by atoms with Crippen molar-refractivity contribution < 1.29 is 8.42 Å². The first kappa shape index (κ1) is 15.1. The zero-order chi connectivity index (χ0) is 13.8. The van der Waals surface area contributed by atoms with Crippen LogP contribution in [-0.2, 0) is 9.84 Å². The maximum atomic E-state index is 11.5. The lowest BCUT2D eigenvalue weighted by molar-refractivity contribution is 0.407. The van der Waals surface area contributed by atoms with Gasteiger partial charge >= 0.3 is 0 Å². The summed E-state index contributed by atoms with van der Waals surface area (Å²) in [6, 6.07) is 6.95. The molecule has 4 nitrogen and oxygen atoms in total. The van der Waals surface area contributed by atoms with Crippen LogP contribution >= 0.6 is 0 Å². The number of hydrogen-bond donors (Lipinski definition) is 2. The number of nitrogens with two attached hydrogens (primary N) is 1. The number of hydrazine groups is 1. The molecule has 0 aliphatic heterocycles. The summed E-state index contributed by atoms with van der Waals surface area (Å²) in [7, 11) is -3.17. The van der Waals surface area contributed by atoms with Crippen LogP contribution in [0.2, 0.25) is 0 Å². The average molecular weight is 270 g/mol. The van der Waals surface area contributed by atoms with Crippen LogP contribution < -0.4 is 11.3 Å². The van der Waals surface area contributed by atoms with E-state index in [1.165, 1.54) is 6.26 Å². The highest BCUT2D eigenvalue weighted by atomic mass is 32.2. The van der Waals surface area contributed by atoms with Crippen LogP contribution in [-0.4, -0.2) is 14.7 Å². The van der Waals surface area contributed by atoms with Crippen LogP contribution in [0.3, 0.4) is 0 Å². The highest BCUT2D eigenvalue weighted by Gasteiger charge is 2.15. The smallest absolute Gasteiger partial charge is 0.175 e. The van der Waals surface area contributed by atoms with Gasteiger partial charge in [-0.15, -0.1) is 0 Å². The lowest BCUT2D eigenvalue weighted by Crippen LogP contribution is -2.29. The molecule has 1 aromatic carbocycles. The number of benzene rings is 1. The first-order valence-corrected chi connectivity index (χ1v) is 8.03. The lowest BCUT2D eigenvalue weighted by Gasteiger charge is -2.20. The van der Waals surface area contributed by atoms with Crippen molar-refractivity contribution in [3.63, 3.8) is 0 Å². The molecule has 0 saturated heterocycles. The summed E-state index contributed by atoms with van der Waals surface area (Å²) in [5.74, 6) is 6.10. The Morgan fingerprint density at radius 3 is 2.56 bits per heavy atom. The number of nitrogens with one attached hydrogen (secondary N) is 1. The lowest BCUT2D eigenvalue weighted by atomic mass is 9.95. The van der Waals surface area contributed by atoms with Crippen molar-refractivity contribution in [2.24, 2.45) is 11.8 Å². The Balaban J connectivity index is 3.00. The molecular formula is C13H22N2O2S. The van der Waals surface area contributed by atoms with Gasteiger partial charge in [-0.05, 0) is 30.0 Å². The van der Waals surface area contributed by atoms with E-state index in [0.29, 0.717) is 10.8 Å². The Kier molecular flexibility index (Phi) is 5.31. The third-order valence-corrected chi connectivity index (χ3v) is 4.34. The second-order valence-corrected chi connectivity index (χ2v) is 6.83. The second kappa shape index (κ2) is 6.31. The van der Waals surface area contributed by atoms with Crippen LogP contribution in [0.1, 0.15) is 38.3 Å². The molecule has 0 fully saturated rings. The van der Waals surface area contributed by atoms with Gasteiger partial charge in [0.2, 0.25) is 0 Å². The van der Waals surface area contributed by atoms with Crippen LogP contribution in [0.4, 0.5) is 0 Å². The van der Waals surface area contributed by atoms with Crippen LogP contribution in [0, 0.1) is 5.92 Å². The standard InChI is InChI=1S/C13H22N2O2S/c1-4-10(2)8-13(15-14)11-6-5-7-12(9-11)18(3,16)17/h5-7,9-10,13,15H,4,8,14H2,1-3H3. The summed E-state index contributed by atoms with van der Waals surface area (Å²) in [6.07, 6.45) is 3.18. The molecule has 5 heteroatoms. The molecule has 1 aromatic rings. The molecule has 0 heterocycles. The minimum atomic E-state index is -3.17. The van der Waals surface area contributed by atoms with Gasteiger partial charge in [0, 0.05) is 12.3 Å². The van der Waals surface area contributed by atoms with E-state index in [2.05, 4.69) is 19.3 Å². The van der Waals surface area contributed by atoms with E-state index in [0.717, 1.165) is 18.4 Å². The zero-order valence-electron chi connectivity index (χ0n) is 11.2. The number of hydrogen-bond acceptors (Lipinski definition) is 4. The molecule has 0 bridgehead atoms. The molecule has 2 atom stereocenters. The first-order valence-electron chi connectivity index (χ1n) is 6.14. The monoisotopic (exact) mass is 270 g/mol. The van der Waals surface area contributed by atoms with Gasteiger partial charge in [-0.25, -0.2) is 8.42 Å². The van der Waals surface area contributed by atoms with Gasteiger partial charge in [0.25, 0.3) is 0 Å². The van der Waals surface area contributed by atoms with E-state index in [1.54, 1.807) is 18.2 Å². The van der Waals surface area contributed by atoms with E-state index in [4.69, 9.17) is 5.84 Å². The highest BCUT2D eigenvalue weighted by molar-refractivity contribution is 7.90. The number of rotatable bonds is 6. The predicted molar refractivity (Wildman–Crippen MR) is 73.7 cm³/mol. The van der Waals surface area contributed by atoms with Gasteiger partial charge in [-0.2, -0.15) is 0 Å².